The Morgan fingerprint density at radius 1 is 1.41 bits per heavy atom. The van der Waals surface area contributed by atoms with Crippen LogP contribution in [0.25, 0.3) is 0 Å². The molecule has 0 bridgehead atoms. The van der Waals surface area contributed by atoms with Crippen LogP contribution in [0.1, 0.15) is 32.6 Å². The van der Waals surface area contributed by atoms with E-state index in [9.17, 15) is 4.79 Å². The molecule has 17 heavy (non-hydrogen) atoms. The summed E-state index contributed by atoms with van der Waals surface area (Å²) in [5, 5.41) is 9.17. The first-order chi connectivity index (χ1) is 8.13. The number of carboxylic acid groups (broad SMARTS) is 1. The van der Waals surface area contributed by atoms with Gasteiger partial charge in [0.05, 0.1) is 19.1 Å². The van der Waals surface area contributed by atoms with Gasteiger partial charge < -0.3 is 9.84 Å². The lowest BCUT2D eigenvalue weighted by Gasteiger charge is -2.31. The molecule has 0 aromatic rings. The van der Waals surface area contributed by atoms with E-state index in [-0.39, 0.29) is 12.0 Å². The van der Waals surface area contributed by atoms with Crippen molar-refractivity contribution in [3.63, 3.8) is 0 Å². The lowest BCUT2D eigenvalue weighted by molar-refractivity contribution is -0.143. The van der Waals surface area contributed by atoms with Gasteiger partial charge in [-0.1, -0.05) is 13.3 Å². The molecule has 4 nitrogen and oxygen atoms in total. The minimum absolute atomic E-state index is 0.0631. The Kier molecular flexibility index (Phi) is 4.05. The molecule has 4 unspecified atom stereocenters. The summed E-state index contributed by atoms with van der Waals surface area (Å²) in [4.78, 5) is 13.4. The van der Waals surface area contributed by atoms with Crippen molar-refractivity contribution in [1.82, 2.24) is 4.90 Å². The highest BCUT2D eigenvalue weighted by Gasteiger charge is 2.40. The van der Waals surface area contributed by atoms with Crippen LogP contribution in [0.3, 0.4) is 0 Å². The summed E-state index contributed by atoms with van der Waals surface area (Å²) in [7, 11) is 2.07. The number of hydrogen-bond donors (Lipinski definition) is 1. The Labute approximate surface area is 103 Å². The third-order valence-electron chi connectivity index (χ3n) is 4.56. The molecule has 1 saturated carbocycles. The number of carboxylic acids is 1. The molecule has 4 heteroatoms. The zero-order valence-corrected chi connectivity index (χ0v) is 10.8. The fraction of sp³-hybridized carbons (Fsp3) is 0.923. The number of aliphatic carboxylic acids is 1. The molecule has 2 aliphatic rings. The second-order valence-corrected chi connectivity index (χ2v) is 5.46. The van der Waals surface area contributed by atoms with Crippen LogP contribution in [0, 0.1) is 11.8 Å². The zero-order valence-electron chi connectivity index (χ0n) is 10.8. The van der Waals surface area contributed by atoms with Crippen LogP contribution in [0.5, 0.6) is 0 Å². The van der Waals surface area contributed by atoms with Crippen LogP contribution in [0.2, 0.25) is 0 Å². The van der Waals surface area contributed by atoms with Crippen LogP contribution in [-0.4, -0.2) is 48.3 Å². The van der Waals surface area contributed by atoms with E-state index in [2.05, 4.69) is 18.9 Å². The molecular formula is C13H23NO3. The second kappa shape index (κ2) is 5.36. The standard InChI is InChI=1S/C13H23NO3/c1-3-9-4-5-10(6-9)14(2)12-8-17-7-11(12)13(15)16/h9-12H,3-8H2,1-2H3,(H,15,16). The molecule has 1 aliphatic heterocycles. The van der Waals surface area contributed by atoms with Crippen molar-refractivity contribution in [3.05, 3.63) is 0 Å². The van der Waals surface area contributed by atoms with E-state index < -0.39 is 5.97 Å². The molecule has 98 valence electrons. The first-order valence-corrected chi connectivity index (χ1v) is 6.66. The smallest absolute Gasteiger partial charge is 0.310 e. The number of carbonyl (C=O) groups is 1. The van der Waals surface area contributed by atoms with Gasteiger partial charge in [0.15, 0.2) is 0 Å². The third-order valence-corrected chi connectivity index (χ3v) is 4.56. The van der Waals surface area contributed by atoms with E-state index in [4.69, 9.17) is 9.84 Å². The maximum absolute atomic E-state index is 11.1. The molecule has 0 spiro atoms. The van der Waals surface area contributed by atoms with Gasteiger partial charge in [-0.05, 0) is 32.2 Å². The highest BCUT2D eigenvalue weighted by Crippen LogP contribution is 2.33. The summed E-state index contributed by atoms with van der Waals surface area (Å²) in [6, 6.07) is 0.613. The van der Waals surface area contributed by atoms with Crippen molar-refractivity contribution in [1.29, 1.82) is 0 Å². The number of rotatable bonds is 4. The molecule has 0 amide bonds. The van der Waals surface area contributed by atoms with Crippen LogP contribution in [0.15, 0.2) is 0 Å². The Morgan fingerprint density at radius 3 is 2.76 bits per heavy atom. The molecule has 2 fully saturated rings. The second-order valence-electron chi connectivity index (χ2n) is 5.46. The molecule has 1 N–H and O–H groups in total. The van der Waals surface area contributed by atoms with Gasteiger partial charge in [0.1, 0.15) is 0 Å². The Bertz CT molecular complexity index is 282. The van der Waals surface area contributed by atoms with Gasteiger partial charge in [0, 0.05) is 12.1 Å². The maximum Gasteiger partial charge on any atom is 0.310 e. The minimum atomic E-state index is -0.718. The highest BCUT2D eigenvalue weighted by atomic mass is 16.5. The molecule has 1 saturated heterocycles. The summed E-state index contributed by atoms with van der Waals surface area (Å²) in [6.45, 7) is 3.18. The zero-order chi connectivity index (χ0) is 12.4. The van der Waals surface area contributed by atoms with Gasteiger partial charge in [0.2, 0.25) is 0 Å². The van der Waals surface area contributed by atoms with Crippen LogP contribution >= 0.6 is 0 Å². The van der Waals surface area contributed by atoms with Gasteiger partial charge in [-0.15, -0.1) is 0 Å². The van der Waals surface area contributed by atoms with Crippen molar-refractivity contribution in [2.45, 2.75) is 44.7 Å². The topological polar surface area (TPSA) is 49.8 Å². The summed E-state index contributed by atoms with van der Waals surface area (Å²) in [5.74, 6) is -0.238. The number of ether oxygens (including phenoxy) is 1. The first-order valence-electron chi connectivity index (χ1n) is 6.66. The normalized spacial score (nSPS) is 37.8. The van der Waals surface area contributed by atoms with E-state index in [0.29, 0.717) is 19.3 Å². The van der Waals surface area contributed by atoms with Crippen molar-refractivity contribution in [2.24, 2.45) is 11.8 Å². The molecular weight excluding hydrogens is 218 g/mol. The molecule has 4 atom stereocenters. The Morgan fingerprint density at radius 2 is 2.18 bits per heavy atom. The van der Waals surface area contributed by atoms with E-state index in [1.54, 1.807) is 0 Å². The Hall–Kier alpha value is -0.610. The van der Waals surface area contributed by atoms with Crippen LogP contribution < -0.4 is 0 Å². The average molecular weight is 241 g/mol. The van der Waals surface area contributed by atoms with Crippen molar-refractivity contribution in [2.75, 3.05) is 20.3 Å². The first kappa shape index (κ1) is 12.8. The summed E-state index contributed by atoms with van der Waals surface area (Å²) in [6.07, 6.45) is 4.96. The van der Waals surface area contributed by atoms with E-state index in [0.717, 1.165) is 5.92 Å². The third kappa shape index (κ3) is 2.63. The average Bonchev–Trinajstić information content (AvgIpc) is 2.97. The molecule has 2 rings (SSSR count). The molecule has 0 radical (unpaired) electrons. The molecule has 0 aromatic carbocycles. The predicted octanol–water partition coefficient (Wildman–Crippen LogP) is 1.60. The van der Waals surface area contributed by atoms with Gasteiger partial charge in [-0.25, -0.2) is 0 Å². The molecule has 1 heterocycles. The van der Waals surface area contributed by atoms with Crippen LogP contribution in [0.4, 0.5) is 0 Å². The SMILES string of the molecule is CCC1CCC(N(C)C2COCC2C(=O)O)C1. The number of hydrogen-bond acceptors (Lipinski definition) is 3. The van der Waals surface area contributed by atoms with Gasteiger partial charge in [0.25, 0.3) is 0 Å². The van der Waals surface area contributed by atoms with Gasteiger partial charge >= 0.3 is 5.97 Å². The lowest BCUT2D eigenvalue weighted by Crippen LogP contribution is -2.45. The minimum Gasteiger partial charge on any atom is -0.481 e. The molecule has 0 aromatic heterocycles. The van der Waals surface area contributed by atoms with Crippen LogP contribution in [-0.2, 0) is 9.53 Å². The van der Waals surface area contributed by atoms with E-state index >= 15 is 0 Å². The summed E-state index contributed by atoms with van der Waals surface area (Å²) in [5.41, 5.74) is 0. The largest absolute Gasteiger partial charge is 0.481 e. The number of nitrogens with zero attached hydrogens (tertiary/aromatic N) is 1. The fourth-order valence-corrected chi connectivity index (χ4v) is 3.24. The Balaban J connectivity index is 1.95. The highest BCUT2D eigenvalue weighted by molar-refractivity contribution is 5.71. The number of likely N-dealkylation sites (N-methyl/N-ethyl adjacent to an activating group) is 1. The summed E-state index contributed by atoms with van der Waals surface area (Å²) >= 11 is 0. The maximum atomic E-state index is 11.1. The fourth-order valence-electron chi connectivity index (χ4n) is 3.24. The van der Waals surface area contributed by atoms with E-state index in [1.165, 1.54) is 25.7 Å². The lowest BCUT2D eigenvalue weighted by atomic mass is 10.00. The van der Waals surface area contributed by atoms with Crippen molar-refractivity contribution >= 4 is 5.97 Å². The van der Waals surface area contributed by atoms with Gasteiger partial charge in [-0.2, -0.15) is 0 Å². The predicted molar refractivity (Wildman–Crippen MR) is 64.9 cm³/mol. The van der Waals surface area contributed by atoms with Crippen molar-refractivity contribution in [3.8, 4) is 0 Å². The molecule has 1 aliphatic carbocycles. The quantitative estimate of drug-likeness (QED) is 0.812. The van der Waals surface area contributed by atoms with Gasteiger partial charge in [-0.3, -0.25) is 9.69 Å². The summed E-state index contributed by atoms with van der Waals surface area (Å²) < 4.78 is 5.34. The monoisotopic (exact) mass is 241 g/mol. The van der Waals surface area contributed by atoms with Crippen molar-refractivity contribution < 1.29 is 14.6 Å². The van der Waals surface area contributed by atoms with E-state index in [1.807, 2.05) is 0 Å².